The molecule has 0 unspecified atom stereocenters. The van der Waals surface area contributed by atoms with Crippen molar-refractivity contribution >= 4 is 35.7 Å². The quantitative estimate of drug-likeness (QED) is 0.0715. The van der Waals surface area contributed by atoms with Crippen LogP contribution in [0.15, 0.2) is 48.5 Å². The molecule has 2 aromatic heterocycles. The molecule has 2 aromatic carbocycles. The maximum atomic E-state index is 12.3. The van der Waals surface area contributed by atoms with Crippen molar-refractivity contribution in [3.8, 4) is 22.5 Å². The van der Waals surface area contributed by atoms with Gasteiger partial charge in [0.1, 0.15) is 34.2 Å². The normalized spacial score (nSPS) is 14.4. The first-order chi connectivity index (χ1) is 30.1. The number of carbonyl (C=O) groups is 6. The van der Waals surface area contributed by atoms with Crippen LogP contribution in [0.3, 0.4) is 0 Å². The first kappa shape index (κ1) is 54.6. The molecule has 6 rings (SSSR count). The van der Waals surface area contributed by atoms with Crippen LogP contribution in [0.5, 0.6) is 0 Å². The number of aromatic carboxylic acids is 1. The summed E-state index contributed by atoms with van der Waals surface area (Å²) in [6.45, 7) is 18.8. The van der Waals surface area contributed by atoms with Gasteiger partial charge >= 0.3 is 43.0 Å². The van der Waals surface area contributed by atoms with Crippen molar-refractivity contribution in [2.24, 2.45) is 11.8 Å². The molecule has 18 heteroatoms. The van der Waals surface area contributed by atoms with E-state index in [1.54, 1.807) is 53.1 Å². The average Bonchev–Trinajstić information content (AvgIpc) is 3.86. The number of carboxylic acids is 1. The molecule has 0 bridgehead atoms. The zero-order valence-corrected chi connectivity index (χ0v) is 39.9. The summed E-state index contributed by atoms with van der Waals surface area (Å²) in [6.07, 6.45) is 4.17. The molecule has 2 aliphatic rings. The molecule has 0 radical (unpaired) electrons. The number of aromatic nitrogens is 4. The Labute approximate surface area is 398 Å². The number of benzene rings is 2. The summed E-state index contributed by atoms with van der Waals surface area (Å²) in [5, 5.41) is 9.08. The minimum Gasteiger partial charge on any atom is -0.870 e. The van der Waals surface area contributed by atoms with E-state index < -0.39 is 17.2 Å². The number of carboxylic acid groups (broad SMARTS) is 1. The van der Waals surface area contributed by atoms with Crippen LogP contribution in [-0.2, 0) is 27.1 Å². The molecule has 0 aliphatic carbocycles. The second kappa shape index (κ2) is 23.6. The number of nitrogens with one attached hydrogen (secondary N) is 2. The van der Waals surface area contributed by atoms with Crippen LogP contribution in [0.1, 0.15) is 141 Å². The van der Waals surface area contributed by atoms with Crippen LogP contribution in [0.4, 0.5) is 9.59 Å². The summed E-state index contributed by atoms with van der Waals surface area (Å²) in [5.41, 5.74) is 3.07. The van der Waals surface area contributed by atoms with Crippen molar-refractivity contribution < 1.29 is 72.4 Å². The largest absolute Gasteiger partial charge is 1.00 e. The third-order valence-corrected chi connectivity index (χ3v) is 10.8. The van der Waals surface area contributed by atoms with Crippen LogP contribution in [-0.4, -0.2) is 120 Å². The summed E-state index contributed by atoms with van der Waals surface area (Å²) in [7, 11) is 0. The molecule has 4 aromatic rings. The summed E-state index contributed by atoms with van der Waals surface area (Å²) >= 11 is 0. The van der Waals surface area contributed by atoms with Crippen molar-refractivity contribution in [1.82, 2.24) is 29.7 Å². The van der Waals surface area contributed by atoms with E-state index in [1.807, 2.05) is 41.5 Å². The van der Waals surface area contributed by atoms with Gasteiger partial charge in [0.2, 0.25) is 0 Å². The van der Waals surface area contributed by atoms with E-state index in [0.29, 0.717) is 91.4 Å². The van der Waals surface area contributed by atoms with Crippen molar-refractivity contribution in [3.63, 3.8) is 0 Å². The fourth-order valence-corrected chi connectivity index (χ4v) is 7.55. The zero-order valence-electron chi connectivity index (χ0n) is 39.9. The number of likely N-dealkylation sites (tertiary alicyclic amines) is 2. The van der Waals surface area contributed by atoms with Crippen LogP contribution in [0, 0.1) is 11.8 Å². The molecule has 0 saturated carbocycles. The molecule has 2 saturated heterocycles. The minimum absolute atomic E-state index is 0. The van der Waals surface area contributed by atoms with Crippen molar-refractivity contribution in [1.29, 1.82) is 0 Å². The Hall–Kier alpha value is -5.76. The molecule has 0 spiro atoms. The molecule has 4 N–H and O–H groups in total. The van der Waals surface area contributed by atoms with Gasteiger partial charge in [0.25, 0.3) is 0 Å². The Bertz CT molecular complexity index is 2290. The number of H-pyrrole nitrogens is 2. The van der Waals surface area contributed by atoms with Gasteiger partial charge in [-0.2, -0.15) is 0 Å². The molecule has 17 nitrogen and oxygen atoms in total. The number of amides is 2. The molecule has 2 aliphatic heterocycles. The third kappa shape index (κ3) is 15.4. The van der Waals surface area contributed by atoms with E-state index in [4.69, 9.17) is 24.3 Å². The topological polar surface area (TPSA) is 244 Å². The van der Waals surface area contributed by atoms with E-state index in [-0.39, 0.29) is 59.6 Å². The summed E-state index contributed by atoms with van der Waals surface area (Å²) in [4.78, 5) is 91.0. The molecule has 2 amide bonds. The van der Waals surface area contributed by atoms with Gasteiger partial charge in [-0.05, 0) is 110 Å². The smallest absolute Gasteiger partial charge is 0.870 e. The number of hydrogen-bond donors (Lipinski definition) is 3. The second-order valence-electron chi connectivity index (χ2n) is 18.3. The van der Waals surface area contributed by atoms with Gasteiger partial charge in [0.15, 0.2) is 11.6 Å². The number of carbonyl (C=O) groups excluding carboxylic acids is 5. The van der Waals surface area contributed by atoms with E-state index in [1.165, 1.54) is 26.0 Å². The van der Waals surface area contributed by atoms with Gasteiger partial charge in [0.05, 0.1) is 29.1 Å². The number of Topliss-reactive ketones (excluding diaryl/α,β-unsaturated/α-hetero) is 2. The van der Waals surface area contributed by atoms with Gasteiger partial charge in [-0.3, -0.25) is 9.59 Å². The standard InChI is InChI=1S/C25H33N3O5.C23H29N3O5.Li.H2O/c1-6-32-23(30)19-9-7-18(8-10-19)22-21(16(2)29)26-20(27-22)15-17-11-13-28(14-12-17)24(31)33-25(3,4)5;1-14(27)19-20(16-5-7-17(8-6-16)21(28)29)25-18(24-19)13-15-9-11-26(12-10-15)22(30)31-23(2,3)4;;/h7-10,17H,6,11-15H2,1-5H3,(H,26,27);5-8,15H,9-13H2,1-4H3,(H,24,25)(H,28,29);;1H2/q;;+1;/p-1. The van der Waals surface area contributed by atoms with Crippen molar-refractivity contribution in [2.75, 3.05) is 32.8 Å². The molecule has 2 fully saturated rings. The third-order valence-electron chi connectivity index (χ3n) is 10.8. The van der Waals surface area contributed by atoms with Crippen LogP contribution >= 0.6 is 0 Å². The van der Waals surface area contributed by atoms with Crippen molar-refractivity contribution in [2.45, 2.75) is 112 Å². The van der Waals surface area contributed by atoms with Crippen LogP contribution in [0.2, 0.25) is 0 Å². The summed E-state index contributed by atoms with van der Waals surface area (Å²) in [6, 6.07) is 13.2. The predicted molar refractivity (Wildman–Crippen MR) is 241 cm³/mol. The van der Waals surface area contributed by atoms with Gasteiger partial charge in [0, 0.05) is 64.0 Å². The molecule has 4 heterocycles. The Balaban J connectivity index is 0.000000341. The van der Waals surface area contributed by atoms with Crippen LogP contribution < -0.4 is 18.9 Å². The zero-order chi connectivity index (χ0) is 46.9. The minimum atomic E-state index is -1.00. The fourth-order valence-electron chi connectivity index (χ4n) is 7.55. The van der Waals surface area contributed by atoms with E-state index in [0.717, 1.165) is 42.9 Å². The molecular formula is C48H63LiN6O11. The van der Waals surface area contributed by atoms with Gasteiger partial charge in [-0.1, -0.05) is 24.3 Å². The number of nitrogens with zero attached hydrogens (tertiary/aromatic N) is 4. The van der Waals surface area contributed by atoms with Gasteiger partial charge < -0.3 is 44.6 Å². The second-order valence-corrected chi connectivity index (χ2v) is 18.3. The number of rotatable bonds is 11. The molecule has 66 heavy (non-hydrogen) atoms. The summed E-state index contributed by atoms with van der Waals surface area (Å²) < 4.78 is 15.9. The average molecular weight is 907 g/mol. The monoisotopic (exact) mass is 906 g/mol. The SMILES string of the molecule is CC(=O)c1[nH]c(CC2CCN(C(=O)OC(C)(C)C)CC2)nc1-c1ccc(C(=O)O)cc1.CCOC(=O)c1ccc(-c2nc(CC3CCN(C(=O)OC(C)(C)C)CC3)[nH]c2C(C)=O)cc1.[Li+].[OH-]. The number of piperidine rings is 2. The van der Waals surface area contributed by atoms with Crippen LogP contribution in [0.25, 0.3) is 22.5 Å². The number of hydrogen-bond acceptors (Lipinski definition) is 12. The fraction of sp³-hybridized carbons (Fsp3) is 0.500. The molecular weight excluding hydrogens is 843 g/mol. The molecule has 352 valence electrons. The number of ketones is 2. The summed E-state index contributed by atoms with van der Waals surface area (Å²) in [5.74, 6) is 0.558. The first-order valence-corrected chi connectivity index (χ1v) is 21.9. The predicted octanol–water partition coefficient (Wildman–Crippen LogP) is 5.64. The number of esters is 1. The maximum absolute atomic E-state index is 12.3. The number of aromatic amines is 2. The Morgan fingerprint density at radius 1 is 0.636 bits per heavy atom. The Kier molecular flexibility index (Phi) is 19.5. The number of ether oxygens (including phenoxy) is 3. The van der Waals surface area contributed by atoms with E-state index in [9.17, 15) is 28.8 Å². The van der Waals surface area contributed by atoms with E-state index >= 15 is 0 Å². The number of imidazole rings is 2. The maximum Gasteiger partial charge on any atom is 1.00 e. The van der Waals surface area contributed by atoms with E-state index in [2.05, 4.69) is 15.0 Å². The van der Waals surface area contributed by atoms with Gasteiger partial charge in [-0.25, -0.2) is 29.1 Å². The van der Waals surface area contributed by atoms with Crippen molar-refractivity contribution in [3.05, 3.63) is 82.7 Å². The Morgan fingerprint density at radius 2 is 0.985 bits per heavy atom. The Morgan fingerprint density at radius 3 is 1.29 bits per heavy atom. The molecule has 0 atom stereocenters. The first-order valence-electron chi connectivity index (χ1n) is 21.9. The van der Waals surface area contributed by atoms with Gasteiger partial charge in [-0.15, -0.1) is 0 Å².